The zero-order valence-corrected chi connectivity index (χ0v) is 39.3. The van der Waals surface area contributed by atoms with Crippen LogP contribution < -0.4 is 24.3 Å². The number of hydrogen-bond acceptors (Lipinski definition) is 14. The minimum absolute atomic E-state index is 0.00503. The summed E-state index contributed by atoms with van der Waals surface area (Å²) in [4.78, 5) is 29.4. The Morgan fingerprint density at radius 3 is 1.68 bits per heavy atom. The second-order valence-electron chi connectivity index (χ2n) is 14.3. The van der Waals surface area contributed by atoms with Gasteiger partial charge < -0.3 is 42.2 Å². The van der Waals surface area contributed by atoms with Crippen molar-refractivity contribution in [2.75, 3.05) is 66.3 Å². The quantitative estimate of drug-likeness (QED) is 0.0436. The van der Waals surface area contributed by atoms with Crippen LogP contribution in [0.25, 0.3) is 0 Å². The number of halogens is 2. The number of anilines is 1. The molecule has 1 heterocycles. The number of amides is 1. The summed E-state index contributed by atoms with van der Waals surface area (Å²) in [7, 11) is 1.16. The number of ether oxygens (including phenoxy) is 7. The Labute approximate surface area is 383 Å². The number of carbonyl (C=O) groups excluding carboxylic acids is 2. The van der Waals surface area contributed by atoms with E-state index < -0.39 is 19.5 Å². The van der Waals surface area contributed by atoms with Crippen molar-refractivity contribution in [2.45, 2.75) is 58.9 Å². The molecule has 0 spiro atoms. The normalized spacial score (nSPS) is 12.0. The van der Waals surface area contributed by atoms with E-state index in [2.05, 4.69) is 10.3 Å². The minimum atomic E-state index is -3.32. The van der Waals surface area contributed by atoms with Crippen LogP contribution in [0.1, 0.15) is 65.2 Å². The van der Waals surface area contributed by atoms with E-state index in [4.69, 9.17) is 42.2 Å². The van der Waals surface area contributed by atoms with Gasteiger partial charge in [0.15, 0.2) is 5.13 Å². The molecular weight excluding hydrogens is 886 g/mol. The van der Waals surface area contributed by atoms with E-state index in [0.717, 1.165) is 11.1 Å². The summed E-state index contributed by atoms with van der Waals surface area (Å²) >= 11 is 1.20. The number of nitrogens with zero attached hydrogens (tertiary/aromatic N) is 1. The number of nitrogens with one attached hydrogen (secondary N) is 1. The van der Waals surface area contributed by atoms with Crippen LogP contribution in [0.2, 0.25) is 0 Å². The summed E-state index contributed by atoms with van der Waals surface area (Å²) in [5, 5.41) is 4.81. The van der Waals surface area contributed by atoms with Crippen molar-refractivity contribution < 1.29 is 65.1 Å². The van der Waals surface area contributed by atoms with E-state index in [1.165, 1.54) is 42.7 Å². The predicted octanol–water partition coefficient (Wildman–Crippen LogP) is 9.98. The van der Waals surface area contributed by atoms with Gasteiger partial charge in [0.1, 0.15) is 46.8 Å². The van der Waals surface area contributed by atoms with Gasteiger partial charge in [-0.2, -0.15) is 0 Å². The van der Waals surface area contributed by atoms with Crippen molar-refractivity contribution in [1.82, 2.24) is 4.98 Å². The molecule has 0 saturated heterocycles. The van der Waals surface area contributed by atoms with Crippen molar-refractivity contribution in [3.8, 4) is 23.0 Å². The molecule has 2 atom stereocenters. The van der Waals surface area contributed by atoms with Gasteiger partial charge in [-0.25, -0.2) is 18.6 Å². The Morgan fingerprint density at radius 2 is 1.20 bits per heavy atom. The van der Waals surface area contributed by atoms with Gasteiger partial charge in [-0.1, -0.05) is 24.3 Å². The van der Waals surface area contributed by atoms with Crippen LogP contribution in [0.4, 0.5) is 13.9 Å². The Bertz CT molecular complexity index is 2310. The second kappa shape index (κ2) is 27.1. The molecule has 0 radical (unpaired) electrons. The lowest BCUT2D eigenvalue weighted by atomic mass is 10.1. The lowest BCUT2D eigenvalue weighted by molar-refractivity contribution is 0.0598. The maximum absolute atomic E-state index is 13.5. The summed E-state index contributed by atoms with van der Waals surface area (Å²) in [6.45, 7) is 9.08. The molecule has 352 valence electrons. The topological polar surface area (TPSA) is 159 Å². The Morgan fingerprint density at radius 1 is 0.708 bits per heavy atom. The average molecular weight is 943 g/mol. The lowest BCUT2D eigenvalue weighted by Gasteiger charge is -2.16. The fourth-order valence-corrected chi connectivity index (χ4v) is 8.53. The SMILES string of the molecule is CCOP(=O)(Cc1csc(NC(=O)c2cc(OCCc3cccc(F)c3)cc(O[C@@H](C)COC)c2)n1)OCC.COC[C@H](C)Oc1cc(OCCc2cccc(F)c2)cc(C(=O)OC)c1. The van der Waals surface area contributed by atoms with Crippen molar-refractivity contribution >= 4 is 35.9 Å². The molecule has 1 N–H and O–H groups in total. The van der Waals surface area contributed by atoms with Gasteiger partial charge in [-0.05, 0) is 87.4 Å². The number of benzene rings is 4. The zero-order valence-electron chi connectivity index (χ0n) is 37.6. The standard InChI is InChI=1S/C27H34FN2O7PS.C20H23FO5/c1-5-35-38(32,36-6-2)17-23-18-39-27(29-23)30-26(31)21-13-24(15-25(14-21)37-19(3)16-33-4)34-11-10-20-8-7-9-22(28)12-20;1-14(13-23-2)26-19-11-16(20(22)24-3)10-18(12-19)25-8-7-15-5-4-6-17(21)9-15/h7-9,12-15,18-19H,5-6,10-11,16-17H2,1-4H3,(H,29,30,31);4-6,9-12,14H,7-8,13H2,1-3H3/t19-;14-/m00/s1. The van der Waals surface area contributed by atoms with E-state index in [1.807, 2.05) is 26.0 Å². The van der Waals surface area contributed by atoms with Crippen LogP contribution >= 0.6 is 18.9 Å². The Balaban J connectivity index is 0.000000309. The summed E-state index contributed by atoms with van der Waals surface area (Å²) in [6, 6.07) is 22.4. The van der Waals surface area contributed by atoms with Crippen molar-refractivity contribution in [3.63, 3.8) is 0 Å². The molecule has 5 aromatic rings. The number of aromatic nitrogens is 1. The largest absolute Gasteiger partial charge is 0.493 e. The van der Waals surface area contributed by atoms with Gasteiger partial charge >= 0.3 is 13.6 Å². The fraction of sp³-hybridized carbons (Fsp3) is 0.383. The van der Waals surface area contributed by atoms with Crippen LogP contribution in [-0.2, 0) is 46.8 Å². The maximum atomic E-state index is 13.5. The highest BCUT2D eigenvalue weighted by molar-refractivity contribution is 7.53. The smallest absolute Gasteiger partial charge is 0.338 e. The van der Waals surface area contributed by atoms with Crippen LogP contribution in [-0.4, -0.2) is 90.0 Å². The highest BCUT2D eigenvalue weighted by Gasteiger charge is 2.26. The number of esters is 1. The monoisotopic (exact) mass is 942 g/mol. The lowest BCUT2D eigenvalue weighted by Crippen LogP contribution is -2.19. The van der Waals surface area contributed by atoms with Gasteiger partial charge in [0.05, 0.1) is 64.2 Å². The van der Waals surface area contributed by atoms with E-state index in [-0.39, 0.29) is 49.8 Å². The number of carbonyl (C=O) groups is 2. The molecule has 0 aliphatic heterocycles. The molecule has 65 heavy (non-hydrogen) atoms. The molecule has 0 aliphatic carbocycles. The molecule has 0 unspecified atom stereocenters. The predicted molar refractivity (Wildman–Crippen MR) is 244 cm³/mol. The first-order valence-electron chi connectivity index (χ1n) is 20.8. The van der Waals surface area contributed by atoms with E-state index in [9.17, 15) is 22.9 Å². The first kappa shape index (κ1) is 52.2. The molecule has 1 amide bonds. The molecule has 0 aliphatic rings. The molecule has 1 aromatic heterocycles. The average Bonchev–Trinajstić information content (AvgIpc) is 3.69. The van der Waals surface area contributed by atoms with Gasteiger partial charge in [0.25, 0.3) is 5.91 Å². The summed E-state index contributed by atoms with van der Waals surface area (Å²) in [5.41, 5.74) is 2.75. The first-order chi connectivity index (χ1) is 31.2. The first-order valence-corrected chi connectivity index (χ1v) is 23.4. The van der Waals surface area contributed by atoms with Gasteiger partial charge in [0, 0.05) is 50.1 Å². The maximum Gasteiger partial charge on any atom is 0.338 e. The van der Waals surface area contributed by atoms with Crippen molar-refractivity contribution in [2.24, 2.45) is 0 Å². The van der Waals surface area contributed by atoms with Gasteiger partial charge in [-0.15, -0.1) is 11.3 Å². The molecular formula is C47H57F2N2O12PS. The highest BCUT2D eigenvalue weighted by atomic mass is 32.1. The van der Waals surface area contributed by atoms with Crippen LogP contribution in [0.3, 0.4) is 0 Å². The summed E-state index contributed by atoms with van der Waals surface area (Å²) < 4.78 is 88.4. The molecule has 5 rings (SSSR count). The van der Waals surface area contributed by atoms with Crippen LogP contribution in [0, 0.1) is 11.6 Å². The number of hydrogen-bond donors (Lipinski definition) is 1. The molecule has 4 aromatic carbocycles. The highest BCUT2D eigenvalue weighted by Crippen LogP contribution is 2.51. The van der Waals surface area contributed by atoms with Gasteiger partial charge in [0.2, 0.25) is 0 Å². The zero-order chi connectivity index (χ0) is 47.2. The van der Waals surface area contributed by atoms with E-state index in [0.29, 0.717) is 77.6 Å². The molecule has 0 saturated carbocycles. The third-order valence-corrected chi connectivity index (χ3v) is 11.6. The molecule has 14 nitrogen and oxygen atoms in total. The van der Waals surface area contributed by atoms with Crippen molar-refractivity contribution in [1.29, 1.82) is 0 Å². The molecule has 18 heteroatoms. The summed E-state index contributed by atoms with van der Waals surface area (Å²) in [6.07, 6.45) is 0.579. The molecule has 0 fully saturated rings. The Hall–Kier alpha value is -5.42. The van der Waals surface area contributed by atoms with E-state index >= 15 is 0 Å². The van der Waals surface area contributed by atoms with E-state index in [1.54, 1.807) is 82.0 Å². The summed E-state index contributed by atoms with van der Waals surface area (Å²) in [5.74, 6) is 0.325. The number of methoxy groups -OCH3 is 3. The minimum Gasteiger partial charge on any atom is -0.493 e. The fourth-order valence-electron chi connectivity index (χ4n) is 6.10. The van der Waals surface area contributed by atoms with Gasteiger partial charge in [-0.3, -0.25) is 14.7 Å². The van der Waals surface area contributed by atoms with Crippen LogP contribution in [0.5, 0.6) is 23.0 Å². The third-order valence-electron chi connectivity index (χ3n) is 8.80. The second-order valence-corrected chi connectivity index (χ2v) is 17.2. The Kier molecular flexibility index (Phi) is 21.8. The molecule has 0 bridgehead atoms. The van der Waals surface area contributed by atoms with Crippen molar-refractivity contribution in [3.05, 3.63) is 130 Å². The number of thiazole rings is 1. The number of rotatable bonds is 25. The third kappa shape index (κ3) is 18.5. The van der Waals surface area contributed by atoms with Crippen LogP contribution in [0.15, 0.2) is 90.3 Å².